The van der Waals surface area contributed by atoms with Crippen molar-refractivity contribution in [3.05, 3.63) is 118 Å². The molecule has 186 valence electrons. The number of anilines is 1. The number of fused-ring (bicyclic) bond motifs is 2. The van der Waals surface area contributed by atoms with Crippen molar-refractivity contribution in [3.63, 3.8) is 0 Å². The number of rotatable bonds is 6. The van der Waals surface area contributed by atoms with Gasteiger partial charge in [-0.2, -0.15) is 0 Å². The molecule has 0 unspecified atom stereocenters. The molecule has 1 amide bonds. The van der Waals surface area contributed by atoms with Crippen LogP contribution in [0.5, 0.6) is 0 Å². The van der Waals surface area contributed by atoms with E-state index in [1.54, 1.807) is 4.57 Å². The number of amides is 1. The Morgan fingerprint density at radius 1 is 0.921 bits per heavy atom. The summed E-state index contributed by atoms with van der Waals surface area (Å²) in [5.41, 5.74) is 2.95. The third-order valence-corrected chi connectivity index (χ3v) is 8.18. The molecule has 6 aromatic rings. The van der Waals surface area contributed by atoms with Gasteiger partial charge >= 0.3 is 0 Å². The first kappa shape index (κ1) is 24.4. The maximum absolute atomic E-state index is 13.9. The highest BCUT2D eigenvalue weighted by Gasteiger charge is 2.19. The first-order chi connectivity index (χ1) is 18.6. The average molecular weight is 554 g/mol. The predicted molar refractivity (Wildman–Crippen MR) is 159 cm³/mol. The molecule has 0 radical (unpaired) electrons. The minimum atomic E-state index is -0.176. The molecule has 0 spiro atoms. The summed E-state index contributed by atoms with van der Waals surface area (Å²) in [6.07, 6.45) is 0. The first-order valence-electron chi connectivity index (χ1n) is 11.8. The van der Waals surface area contributed by atoms with Crippen molar-refractivity contribution < 1.29 is 4.79 Å². The molecule has 0 aliphatic carbocycles. The quantitative estimate of drug-likeness (QED) is 0.170. The Morgan fingerprint density at radius 3 is 2.45 bits per heavy atom. The second-order valence-corrected chi connectivity index (χ2v) is 10.8. The highest BCUT2D eigenvalue weighted by Crippen LogP contribution is 2.33. The molecule has 2 heterocycles. The molecule has 0 aliphatic heterocycles. The number of hydrogen-bond donors (Lipinski definition) is 1. The number of halogens is 1. The number of nitrogens with one attached hydrogen (secondary N) is 1. The average Bonchev–Trinajstić information content (AvgIpc) is 3.37. The van der Waals surface area contributed by atoms with E-state index >= 15 is 0 Å². The smallest absolute Gasteiger partial charge is 0.268 e. The Labute approximate surface area is 231 Å². The van der Waals surface area contributed by atoms with Gasteiger partial charge in [0.2, 0.25) is 5.91 Å². The SMILES string of the molecule is O=C(CSc1nc2scc(-c3ccc(Cl)cc3)c2c(=O)n1-c1ccccc1)Nc1ccc2ccccc2c1. The lowest BCUT2D eigenvalue weighted by Gasteiger charge is -2.13. The van der Waals surface area contributed by atoms with Gasteiger partial charge in [0.25, 0.3) is 5.56 Å². The van der Waals surface area contributed by atoms with Crippen molar-refractivity contribution in [2.75, 3.05) is 11.1 Å². The van der Waals surface area contributed by atoms with Crippen molar-refractivity contribution in [1.82, 2.24) is 9.55 Å². The second-order valence-electron chi connectivity index (χ2n) is 8.61. The van der Waals surface area contributed by atoms with E-state index in [0.29, 0.717) is 26.1 Å². The number of carbonyl (C=O) groups is 1. The lowest BCUT2D eigenvalue weighted by atomic mass is 10.1. The van der Waals surface area contributed by atoms with E-state index in [1.165, 1.54) is 23.1 Å². The van der Waals surface area contributed by atoms with Crippen LogP contribution in [0.3, 0.4) is 0 Å². The Morgan fingerprint density at radius 2 is 1.66 bits per heavy atom. The predicted octanol–water partition coefficient (Wildman–Crippen LogP) is 7.65. The first-order valence-corrected chi connectivity index (χ1v) is 14.1. The van der Waals surface area contributed by atoms with Crippen LogP contribution >= 0.6 is 34.7 Å². The summed E-state index contributed by atoms with van der Waals surface area (Å²) < 4.78 is 1.59. The summed E-state index contributed by atoms with van der Waals surface area (Å²) in [5, 5.41) is 8.71. The van der Waals surface area contributed by atoms with E-state index in [2.05, 4.69) is 5.32 Å². The largest absolute Gasteiger partial charge is 0.325 e. The minimum absolute atomic E-state index is 0.104. The topological polar surface area (TPSA) is 64.0 Å². The zero-order valence-electron chi connectivity index (χ0n) is 19.9. The van der Waals surface area contributed by atoms with Gasteiger partial charge in [-0.25, -0.2) is 4.98 Å². The van der Waals surface area contributed by atoms with Gasteiger partial charge in [-0.05, 0) is 52.7 Å². The van der Waals surface area contributed by atoms with E-state index < -0.39 is 0 Å². The molecule has 1 N–H and O–H groups in total. The van der Waals surface area contributed by atoms with Crippen molar-refractivity contribution in [1.29, 1.82) is 0 Å². The van der Waals surface area contributed by atoms with Crippen molar-refractivity contribution in [3.8, 4) is 16.8 Å². The molecule has 0 fully saturated rings. The summed E-state index contributed by atoms with van der Waals surface area (Å²) >= 11 is 8.72. The summed E-state index contributed by atoms with van der Waals surface area (Å²) in [4.78, 5) is 32.3. The molecule has 0 saturated carbocycles. The fraction of sp³-hybridized carbons (Fsp3) is 0.0333. The maximum Gasteiger partial charge on any atom is 0.268 e. The molecule has 0 atom stereocenters. The number of thiophene rings is 1. The molecule has 4 aromatic carbocycles. The van der Waals surface area contributed by atoms with Gasteiger partial charge < -0.3 is 5.32 Å². The van der Waals surface area contributed by atoms with Gasteiger partial charge in [0.1, 0.15) is 4.83 Å². The zero-order valence-corrected chi connectivity index (χ0v) is 22.3. The molecule has 0 saturated heterocycles. The summed E-state index contributed by atoms with van der Waals surface area (Å²) in [6, 6.07) is 30.6. The summed E-state index contributed by atoms with van der Waals surface area (Å²) in [6.45, 7) is 0. The highest BCUT2D eigenvalue weighted by atomic mass is 35.5. The van der Waals surface area contributed by atoms with Crippen LogP contribution in [0.25, 0.3) is 37.8 Å². The van der Waals surface area contributed by atoms with Crippen LogP contribution in [0.1, 0.15) is 0 Å². The van der Waals surface area contributed by atoms with Crippen LogP contribution in [0.4, 0.5) is 5.69 Å². The Hall–Kier alpha value is -3.91. The summed E-state index contributed by atoms with van der Waals surface area (Å²) in [5.74, 6) is -0.0696. The molecule has 8 heteroatoms. The van der Waals surface area contributed by atoms with Gasteiger partial charge in [-0.15, -0.1) is 11.3 Å². The van der Waals surface area contributed by atoms with E-state index in [0.717, 1.165) is 27.6 Å². The van der Waals surface area contributed by atoms with Crippen LogP contribution in [-0.2, 0) is 4.79 Å². The fourth-order valence-electron chi connectivity index (χ4n) is 4.31. The number of hydrogen-bond acceptors (Lipinski definition) is 5. The van der Waals surface area contributed by atoms with E-state index in [1.807, 2.05) is 102 Å². The van der Waals surface area contributed by atoms with Crippen molar-refractivity contribution >= 4 is 67.3 Å². The Kier molecular flexibility index (Phi) is 6.72. The molecule has 0 aliphatic rings. The van der Waals surface area contributed by atoms with E-state index in [-0.39, 0.29) is 17.2 Å². The monoisotopic (exact) mass is 553 g/mol. The third kappa shape index (κ3) is 4.84. The number of benzene rings is 4. The third-order valence-electron chi connectivity index (χ3n) is 6.11. The van der Waals surface area contributed by atoms with Crippen molar-refractivity contribution in [2.45, 2.75) is 5.16 Å². The number of nitrogens with zero attached hydrogens (tertiary/aromatic N) is 2. The van der Waals surface area contributed by atoms with E-state index in [4.69, 9.17) is 16.6 Å². The number of aromatic nitrogens is 2. The van der Waals surface area contributed by atoms with Crippen LogP contribution in [-0.4, -0.2) is 21.2 Å². The van der Waals surface area contributed by atoms with Gasteiger partial charge in [0.15, 0.2) is 5.16 Å². The highest BCUT2D eigenvalue weighted by molar-refractivity contribution is 7.99. The van der Waals surface area contributed by atoms with Gasteiger partial charge in [0.05, 0.1) is 16.8 Å². The molecule has 5 nitrogen and oxygen atoms in total. The molecule has 38 heavy (non-hydrogen) atoms. The molecule has 0 bridgehead atoms. The maximum atomic E-state index is 13.9. The van der Waals surface area contributed by atoms with Crippen LogP contribution < -0.4 is 10.9 Å². The number of para-hydroxylation sites is 1. The normalized spacial score (nSPS) is 11.2. The van der Waals surface area contributed by atoms with Gasteiger partial charge in [-0.3, -0.25) is 14.2 Å². The fourth-order valence-corrected chi connectivity index (χ4v) is 6.24. The lowest BCUT2D eigenvalue weighted by molar-refractivity contribution is -0.113. The number of carbonyl (C=O) groups excluding carboxylic acids is 1. The van der Waals surface area contributed by atoms with Crippen LogP contribution in [0.2, 0.25) is 5.02 Å². The zero-order chi connectivity index (χ0) is 26.1. The van der Waals surface area contributed by atoms with Gasteiger partial charge in [0, 0.05) is 21.7 Å². The van der Waals surface area contributed by atoms with E-state index in [9.17, 15) is 9.59 Å². The lowest BCUT2D eigenvalue weighted by Crippen LogP contribution is -2.22. The summed E-state index contributed by atoms with van der Waals surface area (Å²) in [7, 11) is 0. The number of thioether (sulfide) groups is 1. The molecule has 2 aromatic heterocycles. The molecular weight excluding hydrogens is 534 g/mol. The minimum Gasteiger partial charge on any atom is -0.325 e. The van der Waals surface area contributed by atoms with Gasteiger partial charge in [-0.1, -0.05) is 84.0 Å². The van der Waals surface area contributed by atoms with Crippen LogP contribution in [0, 0.1) is 0 Å². The van der Waals surface area contributed by atoms with Crippen LogP contribution in [0.15, 0.2) is 112 Å². The second kappa shape index (κ2) is 10.5. The molecule has 6 rings (SSSR count). The Balaban J connectivity index is 1.34. The Bertz CT molecular complexity index is 1850. The molecular formula is C30H20ClN3O2S2. The standard InChI is InChI=1S/C30H20ClN3O2S2/c31-22-13-10-20(11-14-22)25-17-37-28-27(25)29(36)34(24-8-2-1-3-9-24)30(33-28)38-18-26(35)32-23-15-12-19-6-4-5-7-21(19)16-23/h1-17H,18H2,(H,32,35). The van der Waals surface area contributed by atoms with Crippen molar-refractivity contribution in [2.24, 2.45) is 0 Å².